The van der Waals surface area contributed by atoms with Gasteiger partial charge in [-0.1, -0.05) is 11.8 Å². The molecule has 5 nitrogen and oxygen atoms in total. The van der Waals surface area contributed by atoms with Gasteiger partial charge in [-0.05, 0) is 48.7 Å². The summed E-state index contributed by atoms with van der Waals surface area (Å²) in [5, 5.41) is 9.63. The van der Waals surface area contributed by atoms with E-state index >= 15 is 0 Å². The van der Waals surface area contributed by atoms with Crippen molar-refractivity contribution < 1.29 is 13.5 Å². The minimum atomic E-state index is -0.552. The van der Waals surface area contributed by atoms with Gasteiger partial charge in [-0.15, -0.1) is 0 Å². The Morgan fingerprint density at radius 1 is 1.22 bits per heavy atom. The second kappa shape index (κ2) is 8.01. The maximum atomic E-state index is 13.6. The van der Waals surface area contributed by atoms with E-state index in [1.165, 1.54) is 11.8 Å². The van der Waals surface area contributed by atoms with Crippen LogP contribution in [0, 0.1) is 23.0 Å². The van der Waals surface area contributed by atoms with Crippen LogP contribution in [0.25, 0.3) is 11.3 Å². The van der Waals surface area contributed by atoms with Crippen LogP contribution in [0.2, 0.25) is 0 Å². The molecule has 136 valence electrons. The van der Waals surface area contributed by atoms with Crippen LogP contribution < -0.4 is 10.3 Å². The van der Waals surface area contributed by atoms with E-state index in [0.29, 0.717) is 16.5 Å². The third-order valence-electron chi connectivity index (χ3n) is 3.73. The van der Waals surface area contributed by atoms with Gasteiger partial charge in [0.25, 0.3) is 5.56 Å². The van der Waals surface area contributed by atoms with Crippen molar-refractivity contribution in [1.29, 1.82) is 5.26 Å². The van der Waals surface area contributed by atoms with E-state index in [-0.39, 0.29) is 23.4 Å². The maximum absolute atomic E-state index is 13.6. The number of aromatic amines is 1. The number of nitrogens with one attached hydrogen (secondary N) is 1. The molecule has 1 heterocycles. The Labute approximate surface area is 157 Å². The van der Waals surface area contributed by atoms with Gasteiger partial charge in [0.05, 0.1) is 5.69 Å². The summed E-state index contributed by atoms with van der Waals surface area (Å²) in [6.07, 6.45) is 1.76. The van der Waals surface area contributed by atoms with Crippen LogP contribution in [0.4, 0.5) is 8.78 Å². The minimum absolute atomic E-state index is 0.0803. The van der Waals surface area contributed by atoms with E-state index in [9.17, 15) is 18.8 Å². The van der Waals surface area contributed by atoms with Gasteiger partial charge >= 0.3 is 0 Å². The number of rotatable bonds is 5. The molecule has 8 heteroatoms. The average Bonchev–Trinajstić information content (AvgIpc) is 2.68. The smallest absolute Gasteiger partial charge is 0.270 e. The van der Waals surface area contributed by atoms with Gasteiger partial charge in [-0.3, -0.25) is 4.79 Å². The minimum Gasteiger partial charge on any atom is -0.489 e. The predicted octanol–water partition coefficient (Wildman–Crippen LogP) is 3.89. The molecule has 0 fully saturated rings. The lowest BCUT2D eigenvalue weighted by Gasteiger charge is -2.09. The molecule has 0 saturated heterocycles. The third-order valence-corrected chi connectivity index (χ3v) is 4.31. The first-order valence-corrected chi connectivity index (χ1v) is 9.00. The number of aromatic nitrogens is 2. The topological polar surface area (TPSA) is 78.8 Å². The van der Waals surface area contributed by atoms with Crippen LogP contribution in [0.3, 0.4) is 0 Å². The molecule has 0 aliphatic heterocycles. The lowest BCUT2D eigenvalue weighted by Crippen LogP contribution is -2.14. The molecule has 0 aliphatic rings. The van der Waals surface area contributed by atoms with Crippen molar-refractivity contribution in [2.45, 2.75) is 11.8 Å². The highest BCUT2D eigenvalue weighted by molar-refractivity contribution is 7.98. The van der Waals surface area contributed by atoms with E-state index in [2.05, 4.69) is 9.97 Å². The maximum Gasteiger partial charge on any atom is 0.270 e. The summed E-state index contributed by atoms with van der Waals surface area (Å²) in [4.78, 5) is 18.8. The Balaban J connectivity index is 1.84. The molecule has 0 atom stereocenters. The summed E-state index contributed by atoms with van der Waals surface area (Å²) in [5.41, 5.74) is 0.356. The zero-order chi connectivity index (χ0) is 19.4. The molecule has 0 amide bonds. The fraction of sp³-hybridized carbons (Fsp3) is 0.105. The van der Waals surface area contributed by atoms with Crippen LogP contribution in [-0.4, -0.2) is 16.2 Å². The molecular formula is C19H13F2N3O2S. The number of hydrogen-bond acceptors (Lipinski definition) is 5. The summed E-state index contributed by atoms with van der Waals surface area (Å²) < 4.78 is 32.3. The van der Waals surface area contributed by atoms with Crippen LogP contribution in [0.5, 0.6) is 5.75 Å². The number of nitrogens with zero attached hydrogens (tertiary/aromatic N) is 2. The van der Waals surface area contributed by atoms with Crippen LogP contribution in [-0.2, 0) is 6.61 Å². The summed E-state index contributed by atoms with van der Waals surface area (Å²) in [6, 6.07) is 11.5. The molecule has 0 saturated carbocycles. The van der Waals surface area contributed by atoms with E-state index in [1.807, 2.05) is 6.07 Å². The number of hydrogen-bond donors (Lipinski definition) is 1. The molecular weight excluding hydrogens is 372 g/mol. The highest BCUT2D eigenvalue weighted by atomic mass is 32.2. The van der Waals surface area contributed by atoms with E-state index in [4.69, 9.17) is 4.74 Å². The first-order chi connectivity index (χ1) is 13.0. The van der Waals surface area contributed by atoms with Gasteiger partial charge in [-0.2, -0.15) is 5.26 Å². The fourth-order valence-corrected chi connectivity index (χ4v) is 2.76. The second-order valence-electron chi connectivity index (χ2n) is 5.46. The van der Waals surface area contributed by atoms with E-state index in [0.717, 1.165) is 18.2 Å². The zero-order valence-electron chi connectivity index (χ0n) is 14.1. The molecule has 3 rings (SSSR count). The molecule has 0 aliphatic carbocycles. The number of thioether (sulfide) groups is 1. The van der Waals surface area contributed by atoms with Gasteiger partial charge in [-0.25, -0.2) is 13.8 Å². The Hall–Kier alpha value is -3.18. The van der Waals surface area contributed by atoms with Crippen LogP contribution >= 0.6 is 11.8 Å². The monoisotopic (exact) mass is 385 g/mol. The largest absolute Gasteiger partial charge is 0.489 e. The van der Waals surface area contributed by atoms with E-state index in [1.54, 1.807) is 30.5 Å². The lowest BCUT2D eigenvalue weighted by atomic mass is 10.1. The molecule has 1 N–H and O–H groups in total. The molecule has 0 radical (unpaired) electrons. The van der Waals surface area contributed by atoms with Crippen molar-refractivity contribution in [2.24, 2.45) is 0 Å². The second-order valence-corrected chi connectivity index (χ2v) is 6.25. The van der Waals surface area contributed by atoms with Crippen molar-refractivity contribution in [3.8, 4) is 23.1 Å². The quantitative estimate of drug-likeness (QED) is 0.533. The molecule has 3 aromatic rings. The van der Waals surface area contributed by atoms with Gasteiger partial charge in [0.1, 0.15) is 35.6 Å². The summed E-state index contributed by atoms with van der Waals surface area (Å²) in [5.74, 6) is -0.667. The lowest BCUT2D eigenvalue weighted by molar-refractivity contribution is 0.299. The number of nitriles is 1. The first-order valence-electron chi connectivity index (χ1n) is 7.77. The molecule has 1 aromatic heterocycles. The fourth-order valence-electron chi connectivity index (χ4n) is 2.39. The SMILES string of the molecule is CSc1nc(-c2ccc(OCc3cc(F)ccc3F)cc2)c(C#N)c(=O)[nH]1. The van der Waals surface area contributed by atoms with Crippen molar-refractivity contribution in [3.63, 3.8) is 0 Å². The van der Waals surface area contributed by atoms with Gasteiger partial charge in [0.2, 0.25) is 0 Å². The van der Waals surface area contributed by atoms with Crippen molar-refractivity contribution in [3.05, 3.63) is 75.6 Å². The molecule has 0 spiro atoms. The normalized spacial score (nSPS) is 10.4. The standard InChI is InChI=1S/C19H13F2N3O2S/c1-27-19-23-17(15(9-22)18(25)24-19)11-2-5-14(6-3-11)26-10-12-8-13(20)4-7-16(12)21/h2-8H,10H2,1H3,(H,23,24,25). The number of H-pyrrole nitrogens is 1. The van der Waals surface area contributed by atoms with Gasteiger partial charge in [0, 0.05) is 11.1 Å². The third kappa shape index (κ3) is 4.15. The molecule has 0 unspecified atom stereocenters. The average molecular weight is 385 g/mol. The van der Waals surface area contributed by atoms with Crippen molar-refractivity contribution in [1.82, 2.24) is 9.97 Å². The van der Waals surface area contributed by atoms with Crippen molar-refractivity contribution in [2.75, 3.05) is 6.26 Å². The highest BCUT2D eigenvalue weighted by Crippen LogP contribution is 2.24. The van der Waals surface area contributed by atoms with Crippen LogP contribution in [0.1, 0.15) is 11.1 Å². The Morgan fingerprint density at radius 3 is 2.63 bits per heavy atom. The summed E-state index contributed by atoms with van der Waals surface area (Å²) in [6.45, 7) is -0.133. The molecule has 0 bridgehead atoms. The first kappa shape index (κ1) is 18.6. The Kier molecular flexibility index (Phi) is 5.52. The summed E-state index contributed by atoms with van der Waals surface area (Å²) >= 11 is 1.26. The summed E-state index contributed by atoms with van der Waals surface area (Å²) in [7, 11) is 0. The zero-order valence-corrected chi connectivity index (χ0v) is 14.9. The number of ether oxygens (including phenoxy) is 1. The Bertz CT molecular complexity index is 1080. The Morgan fingerprint density at radius 2 is 1.96 bits per heavy atom. The van der Waals surface area contributed by atoms with Gasteiger partial charge in [0.15, 0.2) is 5.16 Å². The van der Waals surface area contributed by atoms with Crippen molar-refractivity contribution >= 4 is 11.8 Å². The van der Waals surface area contributed by atoms with Crippen LogP contribution in [0.15, 0.2) is 52.4 Å². The molecule has 27 heavy (non-hydrogen) atoms. The predicted molar refractivity (Wildman–Crippen MR) is 97.5 cm³/mol. The highest BCUT2D eigenvalue weighted by Gasteiger charge is 2.13. The number of benzene rings is 2. The van der Waals surface area contributed by atoms with E-state index < -0.39 is 17.2 Å². The number of halogens is 2. The van der Waals surface area contributed by atoms with Gasteiger partial charge < -0.3 is 9.72 Å². The molecule has 2 aromatic carbocycles.